The monoisotopic (exact) mass is 512 g/mol. The van der Waals surface area contributed by atoms with Gasteiger partial charge < -0.3 is 9.47 Å². The number of hydrogen-bond acceptors (Lipinski definition) is 3. The number of benzene rings is 1. The Balaban J connectivity index is 4.06. The molecule has 0 bridgehead atoms. The van der Waals surface area contributed by atoms with E-state index in [-0.39, 0.29) is 6.07 Å². The quantitative estimate of drug-likeness (QED) is 0.234. The summed E-state index contributed by atoms with van der Waals surface area (Å²) >= 11 is 14.3. The Hall–Kier alpha value is -0.730. The van der Waals surface area contributed by atoms with E-state index in [1.807, 2.05) is 0 Å². The maximum absolute atomic E-state index is 13.3. The zero-order chi connectivity index (χ0) is 22.3. The van der Waals surface area contributed by atoms with Crippen LogP contribution in [0.15, 0.2) is 11.0 Å². The molecular formula is C11H2Cl3F11O2S. The van der Waals surface area contributed by atoms with Gasteiger partial charge in [0.25, 0.3) is 0 Å². The van der Waals surface area contributed by atoms with E-state index in [0.717, 1.165) is 0 Å². The normalized spacial score (nSPS) is 13.8. The van der Waals surface area contributed by atoms with E-state index in [1.54, 1.807) is 0 Å². The third-order valence-electron chi connectivity index (χ3n) is 2.44. The van der Waals surface area contributed by atoms with Crippen LogP contribution in [0, 0.1) is 0 Å². The first-order valence-corrected chi connectivity index (χ1v) is 7.99. The van der Waals surface area contributed by atoms with Gasteiger partial charge in [-0.3, -0.25) is 0 Å². The average Bonchev–Trinajstić information content (AvgIpc) is 2.35. The number of thioether (sulfide) groups is 1. The maximum atomic E-state index is 13.3. The van der Waals surface area contributed by atoms with Gasteiger partial charge in [-0.2, -0.15) is 35.1 Å². The number of halogens is 14. The van der Waals surface area contributed by atoms with Gasteiger partial charge in [-0.1, -0.05) is 34.8 Å². The lowest BCUT2D eigenvalue weighted by atomic mass is 10.1. The second kappa shape index (κ2) is 8.19. The van der Waals surface area contributed by atoms with Crippen LogP contribution in [0.1, 0.15) is 11.1 Å². The Kier molecular flexibility index (Phi) is 7.40. The first-order chi connectivity index (χ1) is 12.2. The van der Waals surface area contributed by atoms with Crippen molar-refractivity contribution in [1.29, 1.82) is 0 Å². The van der Waals surface area contributed by atoms with Gasteiger partial charge in [0, 0.05) is 5.56 Å². The number of ether oxygens (including phenoxy) is 2. The Labute approximate surface area is 166 Å². The maximum Gasteiger partial charge on any atom is 0.573 e. The van der Waals surface area contributed by atoms with Gasteiger partial charge >= 0.3 is 24.7 Å². The van der Waals surface area contributed by atoms with Crippen LogP contribution in [0.3, 0.4) is 0 Å². The van der Waals surface area contributed by atoms with E-state index in [9.17, 15) is 48.3 Å². The Morgan fingerprint density at radius 1 is 0.857 bits per heavy atom. The van der Waals surface area contributed by atoms with E-state index in [4.69, 9.17) is 34.8 Å². The van der Waals surface area contributed by atoms with Crippen LogP contribution >= 0.6 is 46.6 Å². The molecule has 17 heteroatoms. The molecule has 2 nitrogen and oxygen atoms in total. The fourth-order valence-corrected chi connectivity index (χ4v) is 2.84. The summed E-state index contributed by atoms with van der Waals surface area (Å²) < 4.78 is 144. The average molecular weight is 514 g/mol. The molecule has 0 saturated heterocycles. The molecule has 0 heterocycles. The second-order valence-electron chi connectivity index (χ2n) is 4.43. The molecule has 1 aromatic rings. The van der Waals surface area contributed by atoms with Crippen LogP contribution in [0.2, 0.25) is 0 Å². The summed E-state index contributed by atoms with van der Waals surface area (Å²) in [7, 11) is 0. The lowest BCUT2D eigenvalue weighted by Crippen LogP contribution is -2.24. The molecule has 0 aliphatic rings. The molecule has 0 spiro atoms. The molecule has 0 atom stereocenters. The van der Waals surface area contributed by atoms with Gasteiger partial charge in [-0.15, -0.1) is 13.2 Å². The summed E-state index contributed by atoms with van der Waals surface area (Å²) in [4.78, 5) is -1.69. The zero-order valence-corrected chi connectivity index (χ0v) is 15.3. The second-order valence-corrected chi connectivity index (χ2v) is 7.81. The van der Waals surface area contributed by atoms with Crippen molar-refractivity contribution in [2.24, 2.45) is 0 Å². The predicted molar refractivity (Wildman–Crippen MR) is 75.9 cm³/mol. The topological polar surface area (TPSA) is 18.5 Å². The SMILES string of the molecule is FC(F)Oc1c(SC(F)(F)F)cc(C(Cl)(Cl)Cl)c(C(F)(F)F)c1OC(F)(F)F. The van der Waals surface area contributed by atoms with Crippen molar-refractivity contribution in [3.8, 4) is 11.5 Å². The highest BCUT2D eigenvalue weighted by molar-refractivity contribution is 8.00. The first kappa shape index (κ1) is 25.3. The van der Waals surface area contributed by atoms with Crippen LogP contribution in [0.4, 0.5) is 48.3 Å². The van der Waals surface area contributed by atoms with E-state index in [2.05, 4.69) is 9.47 Å². The predicted octanol–water partition coefficient (Wildman–Crippen LogP) is 7.64. The van der Waals surface area contributed by atoms with Crippen molar-refractivity contribution >= 4 is 46.6 Å². The largest absolute Gasteiger partial charge is 0.573 e. The molecule has 0 aromatic heterocycles. The smallest absolute Gasteiger partial charge is 0.430 e. The van der Waals surface area contributed by atoms with Crippen molar-refractivity contribution in [3.05, 3.63) is 17.2 Å². The van der Waals surface area contributed by atoms with Gasteiger partial charge in [0.1, 0.15) is 5.56 Å². The highest BCUT2D eigenvalue weighted by Gasteiger charge is 2.49. The Morgan fingerprint density at radius 2 is 1.36 bits per heavy atom. The van der Waals surface area contributed by atoms with Gasteiger partial charge in [-0.05, 0) is 17.8 Å². The summed E-state index contributed by atoms with van der Waals surface area (Å²) in [5.41, 5.74) is -9.66. The molecule has 0 fully saturated rings. The van der Waals surface area contributed by atoms with Crippen LogP contribution < -0.4 is 9.47 Å². The summed E-state index contributed by atoms with van der Waals surface area (Å²) in [5, 5.41) is 0. The van der Waals surface area contributed by atoms with E-state index < -0.39 is 67.7 Å². The van der Waals surface area contributed by atoms with Crippen molar-refractivity contribution in [2.75, 3.05) is 0 Å². The molecule has 28 heavy (non-hydrogen) atoms. The Morgan fingerprint density at radius 3 is 1.68 bits per heavy atom. The lowest BCUT2D eigenvalue weighted by molar-refractivity contribution is -0.277. The fraction of sp³-hybridized carbons (Fsp3) is 0.455. The Bertz CT molecular complexity index is 710. The first-order valence-electron chi connectivity index (χ1n) is 6.04. The lowest BCUT2D eigenvalue weighted by Gasteiger charge is -2.26. The number of alkyl halides is 14. The van der Waals surface area contributed by atoms with Crippen molar-refractivity contribution in [2.45, 2.75) is 33.3 Å². The minimum atomic E-state index is -5.97. The standard InChI is InChI=1S/C11H2Cl3F11O2S/c12-8(13,14)2-1-3(28-11(23,24)25)5(26-7(15)16)6(27-10(20,21)22)4(2)9(17,18)19/h1,7H. The molecule has 0 aliphatic heterocycles. The van der Waals surface area contributed by atoms with Crippen LogP contribution in [-0.4, -0.2) is 18.5 Å². The number of hydrogen-bond donors (Lipinski definition) is 0. The summed E-state index contributed by atoms with van der Waals surface area (Å²) in [6, 6.07) is -0.186. The third kappa shape index (κ3) is 7.26. The van der Waals surface area contributed by atoms with Crippen molar-refractivity contribution < 1.29 is 57.8 Å². The van der Waals surface area contributed by atoms with E-state index in [0.29, 0.717) is 0 Å². The van der Waals surface area contributed by atoms with Crippen LogP contribution in [0.5, 0.6) is 11.5 Å². The third-order valence-corrected chi connectivity index (χ3v) is 3.81. The molecule has 162 valence electrons. The molecule has 1 aromatic carbocycles. The minimum Gasteiger partial charge on any atom is -0.430 e. The van der Waals surface area contributed by atoms with Gasteiger partial charge in [0.15, 0.2) is 11.5 Å². The van der Waals surface area contributed by atoms with Crippen LogP contribution in [-0.2, 0) is 9.97 Å². The van der Waals surface area contributed by atoms with Gasteiger partial charge in [0.2, 0.25) is 3.79 Å². The molecule has 0 radical (unpaired) electrons. The van der Waals surface area contributed by atoms with Crippen LogP contribution in [0.25, 0.3) is 0 Å². The number of rotatable bonds is 4. The van der Waals surface area contributed by atoms with Crippen molar-refractivity contribution in [3.63, 3.8) is 0 Å². The van der Waals surface area contributed by atoms with E-state index >= 15 is 0 Å². The van der Waals surface area contributed by atoms with Gasteiger partial charge in [-0.25, -0.2) is 0 Å². The van der Waals surface area contributed by atoms with E-state index in [1.165, 1.54) is 0 Å². The molecule has 1 rings (SSSR count). The molecule has 0 saturated carbocycles. The minimum absolute atomic E-state index is 0.186. The zero-order valence-electron chi connectivity index (χ0n) is 12.2. The highest BCUT2D eigenvalue weighted by Crippen LogP contribution is 2.56. The molecular weight excluding hydrogens is 512 g/mol. The molecule has 0 amide bonds. The van der Waals surface area contributed by atoms with Crippen molar-refractivity contribution in [1.82, 2.24) is 0 Å². The molecule has 0 aliphatic carbocycles. The molecule has 0 N–H and O–H groups in total. The summed E-state index contributed by atoms with van der Waals surface area (Å²) in [6.45, 7) is -4.12. The van der Waals surface area contributed by atoms with Gasteiger partial charge in [0.05, 0.1) is 4.90 Å². The highest BCUT2D eigenvalue weighted by atomic mass is 35.6. The fourth-order valence-electron chi connectivity index (χ4n) is 1.74. The summed E-state index contributed by atoms with van der Waals surface area (Å²) in [5.74, 6) is -4.77. The molecule has 0 unspecified atom stereocenters. The summed E-state index contributed by atoms with van der Waals surface area (Å²) in [6.07, 6.45) is -11.8.